The van der Waals surface area contributed by atoms with Crippen molar-refractivity contribution in [3.63, 3.8) is 0 Å². The van der Waals surface area contributed by atoms with E-state index in [0.717, 1.165) is 11.1 Å². The number of hydrogen-bond donors (Lipinski definition) is 1. The third kappa shape index (κ3) is 0.916. The lowest BCUT2D eigenvalue weighted by Crippen LogP contribution is -1.93. The van der Waals surface area contributed by atoms with E-state index in [2.05, 4.69) is 6.92 Å². The number of Topliss-reactive ketones (excluding diaryl/α,β-unsaturated/α-hetero) is 1. The van der Waals surface area contributed by atoms with Gasteiger partial charge < -0.3 is 5.73 Å². The lowest BCUT2D eigenvalue weighted by Gasteiger charge is -2.02. The Morgan fingerprint density at radius 2 is 2.25 bits per heavy atom. The summed E-state index contributed by atoms with van der Waals surface area (Å²) < 4.78 is 0. The highest BCUT2D eigenvalue weighted by Crippen LogP contribution is 2.33. The molecule has 0 amide bonds. The van der Waals surface area contributed by atoms with Gasteiger partial charge in [-0.15, -0.1) is 0 Å². The fraction of sp³-hybridized carbons (Fsp3) is 0.300. The monoisotopic (exact) mass is 161 g/mol. The molecule has 2 N–H and O–H groups in total. The molecule has 0 heterocycles. The van der Waals surface area contributed by atoms with E-state index < -0.39 is 0 Å². The van der Waals surface area contributed by atoms with Crippen molar-refractivity contribution in [2.75, 3.05) is 5.73 Å². The standard InChI is InChI=1S/C10H11NO/c1-6-4-10(12)9-5-7(11)2-3-8(6)9/h2-3,5-6H,4,11H2,1H3. The molecule has 1 aromatic carbocycles. The summed E-state index contributed by atoms with van der Waals surface area (Å²) in [5.41, 5.74) is 8.23. The van der Waals surface area contributed by atoms with Gasteiger partial charge in [-0.1, -0.05) is 13.0 Å². The van der Waals surface area contributed by atoms with E-state index in [1.165, 1.54) is 0 Å². The van der Waals surface area contributed by atoms with Gasteiger partial charge in [0, 0.05) is 17.7 Å². The molecule has 0 radical (unpaired) electrons. The van der Waals surface area contributed by atoms with Gasteiger partial charge in [0.05, 0.1) is 0 Å². The lowest BCUT2D eigenvalue weighted by molar-refractivity contribution is 0.0990. The highest BCUT2D eigenvalue weighted by Gasteiger charge is 2.25. The molecule has 2 nitrogen and oxygen atoms in total. The Morgan fingerprint density at radius 3 is 3.00 bits per heavy atom. The van der Waals surface area contributed by atoms with Crippen molar-refractivity contribution in [2.24, 2.45) is 0 Å². The van der Waals surface area contributed by atoms with Crippen LogP contribution in [-0.4, -0.2) is 5.78 Å². The van der Waals surface area contributed by atoms with Gasteiger partial charge in [0.15, 0.2) is 5.78 Å². The van der Waals surface area contributed by atoms with E-state index in [-0.39, 0.29) is 5.78 Å². The number of rotatable bonds is 0. The molecule has 0 spiro atoms. The predicted octanol–water partition coefficient (Wildman–Crippen LogP) is 1.96. The summed E-state index contributed by atoms with van der Waals surface area (Å²) in [5.74, 6) is 0.595. The van der Waals surface area contributed by atoms with Crippen molar-refractivity contribution in [3.05, 3.63) is 29.3 Å². The number of fused-ring (bicyclic) bond motifs is 1. The Morgan fingerprint density at radius 1 is 1.50 bits per heavy atom. The van der Waals surface area contributed by atoms with Crippen LogP contribution >= 0.6 is 0 Å². The van der Waals surface area contributed by atoms with Crippen LogP contribution in [0.1, 0.15) is 35.2 Å². The summed E-state index contributed by atoms with van der Waals surface area (Å²) in [4.78, 5) is 11.4. The zero-order valence-corrected chi connectivity index (χ0v) is 7.00. The average Bonchev–Trinajstić information content (AvgIpc) is 2.28. The second-order valence-corrected chi connectivity index (χ2v) is 3.38. The third-order valence-corrected chi connectivity index (χ3v) is 2.40. The first kappa shape index (κ1) is 7.35. The second-order valence-electron chi connectivity index (χ2n) is 3.38. The molecule has 2 heteroatoms. The molecular formula is C10H11NO. The Bertz CT molecular complexity index is 344. The van der Waals surface area contributed by atoms with Crippen molar-refractivity contribution < 1.29 is 4.79 Å². The highest BCUT2D eigenvalue weighted by molar-refractivity contribution is 6.01. The first-order chi connectivity index (χ1) is 5.68. The summed E-state index contributed by atoms with van der Waals surface area (Å²) >= 11 is 0. The van der Waals surface area contributed by atoms with E-state index in [0.29, 0.717) is 18.0 Å². The first-order valence-electron chi connectivity index (χ1n) is 4.11. The van der Waals surface area contributed by atoms with Crippen molar-refractivity contribution in [2.45, 2.75) is 19.3 Å². The molecule has 1 unspecified atom stereocenters. The van der Waals surface area contributed by atoms with Gasteiger partial charge in [-0.3, -0.25) is 4.79 Å². The number of anilines is 1. The van der Waals surface area contributed by atoms with Crippen LogP contribution in [0.2, 0.25) is 0 Å². The van der Waals surface area contributed by atoms with Crippen LogP contribution < -0.4 is 5.73 Å². The Hall–Kier alpha value is -1.31. The van der Waals surface area contributed by atoms with Crippen LogP contribution in [0.5, 0.6) is 0 Å². The lowest BCUT2D eigenvalue weighted by atomic mass is 10.0. The normalized spacial score (nSPS) is 21.1. The molecule has 1 aliphatic rings. The minimum Gasteiger partial charge on any atom is -0.399 e. The molecule has 2 rings (SSSR count). The molecule has 1 atom stereocenters. The molecule has 1 aromatic rings. The Kier molecular flexibility index (Phi) is 1.43. The van der Waals surface area contributed by atoms with Gasteiger partial charge >= 0.3 is 0 Å². The second kappa shape index (κ2) is 2.34. The number of nitrogen functional groups attached to an aromatic ring is 1. The average molecular weight is 161 g/mol. The molecule has 0 fully saturated rings. The minimum atomic E-state index is 0.227. The van der Waals surface area contributed by atoms with Crippen LogP contribution in [0.25, 0.3) is 0 Å². The fourth-order valence-electron chi connectivity index (χ4n) is 1.74. The van der Waals surface area contributed by atoms with Crippen LogP contribution in [0.15, 0.2) is 18.2 Å². The Balaban J connectivity index is 2.60. The first-order valence-corrected chi connectivity index (χ1v) is 4.11. The summed E-state index contributed by atoms with van der Waals surface area (Å²) in [6.45, 7) is 2.07. The fourth-order valence-corrected chi connectivity index (χ4v) is 1.74. The van der Waals surface area contributed by atoms with E-state index in [1.54, 1.807) is 6.07 Å². The SMILES string of the molecule is CC1CC(=O)c2cc(N)ccc21. The smallest absolute Gasteiger partial charge is 0.163 e. The van der Waals surface area contributed by atoms with Crippen LogP contribution in [0.4, 0.5) is 5.69 Å². The maximum Gasteiger partial charge on any atom is 0.163 e. The van der Waals surface area contributed by atoms with Crippen molar-refractivity contribution in [1.29, 1.82) is 0 Å². The van der Waals surface area contributed by atoms with Gasteiger partial charge in [0.2, 0.25) is 0 Å². The number of nitrogens with two attached hydrogens (primary N) is 1. The maximum atomic E-state index is 11.4. The van der Waals surface area contributed by atoms with Gasteiger partial charge in [-0.05, 0) is 23.6 Å². The third-order valence-electron chi connectivity index (χ3n) is 2.40. The maximum absolute atomic E-state index is 11.4. The molecule has 0 saturated carbocycles. The van der Waals surface area contributed by atoms with Gasteiger partial charge in [0.1, 0.15) is 0 Å². The molecule has 12 heavy (non-hydrogen) atoms. The van der Waals surface area contributed by atoms with Crippen LogP contribution in [0, 0.1) is 0 Å². The van der Waals surface area contributed by atoms with Crippen molar-refractivity contribution in [3.8, 4) is 0 Å². The number of carbonyl (C=O) groups is 1. The molecule has 0 bridgehead atoms. The molecule has 0 saturated heterocycles. The molecule has 62 valence electrons. The number of hydrogen-bond acceptors (Lipinski definition) is 2. The highest BCUT2D eigenvalue weighted by atomic mass is 16.1. The van der Waals surface area contributed by atoms with Crippen LogP contribution in [0.3, 0.4) is 0 Å². The number of ketones is 1. The zero-order chi connectivity index (χ0) is 8.72. The quantitative estimate of drug-likeness (QED) is 0.591. The van der Waals surface area contributed by atoms with Crippen molar-refractivity contribution >= 4 is 11.5 Å². The summed E-state index contributed by atoms with van der Waals surface area (Å²) in [6.07, 6.45) is 0.638. The summed E-state index contributed by atoms with van der Waals surface area (Å²) in [7, 11) is 0. The number of benzene rings is 1. The van der Waals surface area contributed by atoms with Gasteiger partial charge in [-0.25, -0.2) is 0 Å². The van der Waals surface area contributed by atoms with E-state index in [4.69, 9.17) is 5.73 Å². The zero-order valence-electron chi connectivity index (χ0n) is 7.00. The predicted molar refractivity (Wildman–Crippen MR) is 48.2 cm³/mol. The van der Waals surface area contributed by atoms with Gasteiger partial charge in [0.25, 0.3) is 0 Å². The van der Waals surface area contributed by atoms with Crippen LogP contribution in [-0.2, 0) is 0 Å². The van der Waals surface area contributed by atoms with E-state index in [9.17, 15) is 4.79 Å². The molecular weight excluding hydrogens is 150 g/mol. The molecule has 1 aliphatic carbocycles. The van der Waals surface area contributed by atoms with Crippen molar-refractivity contribution in [1.82, 2.24) is 0 Å². The minimum absolute atomic E-state index is 0.227. The summed E-state index contributed by atoms with van der Waals surface area (Å²) in [5, 5.41) is 0. The summed E-state index contributed by atoms with van der Waals surface area (Å²) in [6, 6.07) is 5.59. The largest absolute Gasteiger partial charge is 0.399 e. The number of carbonyl (C=O) groups excluding carboxylic acids is 1. The van der Waals surface area contributed by atoms with E-state index >= 15 is 0 Å². The molecule has 0 aromatic heterocycles. The van der Waals surface area contributed by atoms with Gasteiger partial charge in [-0.2, -0.15) is 0 Å². The van der Waals surface area contributed by atoms with E-state index in [1.807, 2.05) is 12.1 Å². The topological polar surface area (TPSA) is 43.1 Å². The molecule has 0 aliphatic heterocycles. The Labute approximate surface area is 71.4 Å².